The van der Waals surface area contributed by atoms with Crippen LogP contribution in [0.15, 0.2) is 176 Å². The molecule has 0 saturated carbocycles. The molecule has 0 unspecified atom stereocenters. The maximum Gasteiger partial charge on any atom is 0.343 e. The molecule has 0 saturated heterocycles. The van der Waals surface area contributed by atoms with Gasteiger partial charge in [-0.25, -0.2) is 14.8 Å². The van der Waals surface area contributed by atoms with E-state index < -0.39 is 5.97 Å². The smallest absolute Gasteiger partial charge is 0.343 e. The third-order valence-electron chi connectivity index (χ3n) is 10.3. The Morgan fingerprint density at radius 1 is 0.404 bits per heavy atom. The van der Waals surface area contributed by atoms with Gasteiger partial charge in [0, 0.05) is 50.4 Å². The zero-order chi connectivity index (χ0) is 38.1. The third kappa shape index (κ3) is 6.35. The number of esters is 1. The summed E-state index contributed by atoms with van der Waals surface area (Å²) >= 11 is 0. The fourth-order valence-corrected chi connectivity index (χ4v) is 7.70. The Morgan fingerprint density at radius 2 is 0.772 bits per heavy atom. The van der Waals surface area contributed by atoms with Crippen LogP contribution in [-0.4, -0.2) is 25.9 Å². The summed E-state index contributed by atoms with van der Waals surface area (Å²) in [5, 5.41) is 0. The van der Waals surface area contributed by atoms with Crippen LogP contribution < -0.4 is 0 Å². The SMILES string of the molecule is O=C(OC1=Cc2nc1c(-c1ccccc1)c1ccc([nH]1)c(-c1ccccc1)c1nc(c(-c3ccccc3)c3ccc([nH]3)c2-c2ccccc2)C=C1)c1ccccc1. The van der Waals surface area contributed by atoms with Crippen LogP contribution in [0.25, 0.3) is 90.6 Å². The van der Waals surface area contributed by atoms with Crippen LogP contribution in [0.3, 0.4) is 0 Å². The van der Waals surface area contributed by atoms with Crippen LogP contribution in [0, 0.1) is 0 Å². The Labute approximate surface area is 329 Å². The number of carbonyl (C=O) groups excluding carboxylic acids is 1. The van der Waals surface area contributed by atoms with E-state index in [1.807, 2.05) is 97.1 Å². The van der Waals surface area contributed by atoms with Crippen molar-refractivity contribution < 1.29 is 9.53 Å². The summed E-state index contributed by atoms with van der Waals surface area (Å²) in [5.74, 6) is -0.117. The highest BCUT2D eigenvalue weighted by molar-refractivity contribution is 6.03. The average molecular weight is 735 g/mol. The van der Waals surface area contributed by atoms with Crippen molar-refractivity contribution in [3.05, 3.63) is 204 Å². The van der Waals surface area contributed by atoms with Gasteiger partial charge in [-0.3, -0.25) is 0 Å². The van der Waals surface area contributed by atoms with Crippen LogP contribution in [-0.2, 0) is 4.74 Å². The molecule has 6 nitrogen and oxygen atoms in total. The number of hydrogen-bond donors (Lipinski definition) is 2. The topological polar surface area (TPSA) is 83.7 Å². The number of carbonyl (C=O) groups is 1. The second-order valence-corrected chi connectivity index (χ2v) is 13.9. The highest BCUT2D eigenvalue weighted by Crippen LogP contribution is 2.40. The van der Waals surface area contributed by atoms with Crippen molar-refractivity contribution in [2.45, 2.75) is 0 Å². The van der Waals surface area contributed by atoms with Crippen molar-refractivity contribution in [1.82, 2.24) is 19.9 Å². The fourth-order valence-electron chi connectivity index (χ4n) is 7.70. The standard InChI is InChI=1S/C51H34N4O2/c56-51(37-24-14-5-15-25-37)57-45-32-44-48(35-20-10-3-11-21-35)42-29-28-40(53-42)46(33-16-6-1-7-17-33)38-26-27-39(52-38)47(34-18-8-2-9-19-34)41-30-31-43(54-41)49(50(45)55-44)36-22-12-4-13-23-36/h1-32,53-54H. The molecule has 0 amide bonds. The summed E-state index contributed by atoms with van der Waals surface area (Å²) in [7, 11) is 0. The van der Waals surface area contributed by atoms with E-state index in [9.17, 15) is 4.79 Å². The van der Waals surface area contributed by atoms with Gasteiger partial charge < -0.3 is 14.7 Å². The molecule has 0 fully saturated rings. The second kappa shape index (κ2) is 14.4. The lowest BCUT2D eigenvalue weighted by Crippen LogP contribution is -2.04. The molecule has 0 atom stereocenters. The summed E-state index contributed by atoms with van der Waals surface area (Å²) in [6, 6.07) is 58.4. The monoisotopic (exact) mass is 734 g/mol. The van der Waals surface area contributed by atoms with Crippen molar-refractivity contribution in [2.24, 2.45) is 0 Å². The molecule has 0 spiro atoms. The Kier molecular flexibility index (Phi) is 8.54. The van der Waals surface area contributed by atoms with Gasteiger partial charge in [-0.15, -0.1) is 0 Å². The number of H-pyrrole nitrogens is 2. The van der Waals surface area contributed by atoms with E-state index in [2.05, 4.69) is 94.9 Å². The number of fused-ring (bicyclic) bond motifs is 8. The molecule has 5 aromatic carbocycles. The van der Waals surface area contributed by atoms with Gasteiger partial charge in [-0.2, -0.15) is 0 Å². The van der Waals surface area contributed by atoms with E-state index in [0.717, 1.165) is 78.0 Å². The third-order valence-corrected chi connectivity index (χ3v) is 10.3. The first kappa shape index (κ1) is 33.7. The molecule has 0 aliphatic carbocycles. The molecule has 2 aliphatic rings. The van der Waals surface area contributed by atoms with Crippen molar-refractivity contribution >= 4 is 52.0 Å². The number of ether oxygens (including phenoxy) is 1. The number of aromatic nitrogens is 4. The molecule has 57 heavy (non-hydrogen) atoms. The van der Waals surface area contributed by atoms with E-state index >= 15 is 0 Å². The second-order valence-electron chi connectivity index (χ2n) is 13.9. The lowest BCUT2D eigenvalue weighted by Gasteiger charge is -2.10. The summed E-state index contributed by atoms with van der Waals surface area (Å²) in [4.78, 5) is 32.2. The lowest BCUT2D eigenvalue weighted by molar-refractivity contribution is 0.0693. The summed E-state index contributed by atoms with van der Waals surface area (Å²) in [5.41, 5.74) is 14.3. The average Bonchev–Trinajstić information content (AvgIpc) is 4.11. The van der Waals surface area contributed by atoms with E-state index in [4.69, 9.17) is 14.7 Å². The molecule has 270 valence electrons. The van der Waals surface area contributed by atoms with Crippen molar-refractivity contribution in [2.75, 3.05) is 0 Å². The van der Waals surface area contributed by atoms with Gasteiger partial charge in [0.1, 0.15) is 5.69 Å². The molecule has 5 heterocycles. The highest BCUT2D eigenvalue weighted by Gasteiger charge is 2.25. The first-order chi connectivity index (χ1) is 28.2. The summed E-state index contributed by atoms with van der Waals surface area (Å²) in [6.07, 6.45) is 6.08. The molecule has 6 heteroatoms. The maximum absolute atomic E-state index is 13.9. The van der Waals surface area contributed by atoms with E-state index in [-0.39, 0.29) is 0 Å². The van der Waals surface area contributed by atoms with Crippen LogP contribution >= 0.6 is 0 Å². The summed E-state index contributed by atoms with van der Waals surface area (Å²) in [6.45, 7) is 0. The zero-order valence-corrected chi connectivity index (χ0v) is 30.7. The normalized spacial score (nSPS) is 12.0. The predicted octanol–water partition coefficient (Wildman–Crippen LogP) is 12.5. The Bertz CT molecular complexity index is 3020. The first-order valence-electron chi connectivity index (χ1n) is 18.9. The van der Waals surface area contributed by atoms with Gasteiger partial charge in [0.25, 0.3) is 0 Å². The van der Waals surface area contributed by atoms with Crippen LogP contribution in [0.1, 0.15) is 33.1 Å². The highest BCUT2D eigenvalue weighted by atomic mass is 16.5. The summed E-state index contributed by atoms with van der Waals surface area (Å²) < 4.78 is 6.35. The molecular formula is C51H34N4O2. The van der Waals surface area contributed by atoms with Crippen molar-refractivity contribution in [3.8, 4) is 44.5 Å². The molecule has 8 bridgehead atoms. The predicted molar refractivity (Wildman–Crippen MR) is 231 cm³/mol. The molecule has 2 aliphatic heterocycles. The maximum atomic E-state index is 13.9. The van der Waals surface area contributed by atoms with Crippen molar-refractivity contribution in [3.63, 3.8) is 0 Å². The van der Waals surface area contributed by atoms with E-state index in [1.54, 1.807) is 12.1 Å². The van der Waals surface area contributed by atoms with E-state index in [0.29, 0.717) is 22.7 Å². The number of aromatic amines is 2. The molecule has 10 rings (SSSR count). The number of nitrogens with one attached hydrogen (secondary N) is 2. The lowest BCUT2D eigenvalue weighted by atomic mass is 10.0. The quantitative estimate of drug-likeness (QED) is 0.167. The Hall–Kier alpha value is -7.83. The molecule has 8 aromatic rings. The Balaban J connectivity index is 1.38. The van der Waals surface area contributed by atoms with Crippen LogP contribution in [0.2, 0.25) is 0 Å². The minimum Gasteiger partial charge on any atom is -0.421 e. The van der Waals surface area contributed by atoms with Crippen LogP contribution in [0.4, 0.5) is 0 Å². The molecule has 3 aromatic heterocycles. The first-order valence-corrected chi connectivity index (χ1v) is 18.9. The van der Waals surface area contributed by atoms with Crippen LogP contribution in [0.5, 0.6) is 0 Å². The number of nitrogens with zero attached hydrogens (tertiary/aromatic N) is 2. The largest absolute Gasteiger partial charge is 0.421 e. The van der Waals surface area contributed by atoms with Gasteiger partial charge in [-0.05, 0) is 70.8 Å². The van der Waals surface area contributed by atoms with Gasteiger partial charge >= 0.3 is 5.97 Å². The molecule has 0 radical (unpaired) electrons. The minimum atomic E-state index is -0.468. The van der Waals surface area contributed by atoms with Crippen molar-refractivity contribution in [1.29, 1.82) is 0 Å². The number of rotatable bonds is 6. The minimum absolute atomic E-state index is 0.351. The number of hydrogen-bond acceptors (Lipinski definition) is 4. The number of benzene rings is 5. The van der Waals surface area contributed by atoms with Gasteiger partial charge in [0.2, 0.25) is 0 Å². The van der Waals surface area contributed by atoms with Gasteiger partial charge in [0.15, 0.2) is 5.76 Å². The van der Waals surface area contributed by atoms with Gasteiger partial charge in [-0.1, -0.05) is 140 Å². The fraction of sp³-hybridized carbons (Fsp3) is 0. The zero-order valence-electron chi connectivity index (χ0n) is 30.7. The molecule has 2 N–H and O–H groups in total. The Morgan fingerprint density at radius 3 is 1.21 bits per heavy atom. The van der Waals surface area contributed by atoms with E-state index in [1.165, 1.54) is 0 Å². The molecular weight excluding hydrogens is 701 g/mol. The van der Waals surface area contributed by atoms with Gasteiger partial charge in [0.05, 0.1) is 22.6 Å².